The lowest BCUT2D eigenvalue weighted by Crippen LogP contribution is -2.39. The largest absolute Gasteiger partial charge is 0.510 e. The molecule has 1 fully saturated rings. The Morgan fingerprint density at radius 2 is 2.13 bits per heavy atom. The van der Waals surface area contributed by atoms with Gasteiger partial charge in [-0.2, -0.15) is 0 Å². The fraction of sp³-hybridized carbons (Fsp3) is 0.455. The van der Waals surface area contributed by atoms with Gasteiger partial charge in [0.15, 0.2) is 6.23 Å². The first-order chi connectivity index (χ1) is 10.5. The molecular weight excluding hydrogens is 351 g/mol. The van der Waals surface area contributed by atoms with Crippen molar-refractivity contribution in [1.29, 1.82) is 0 Å². The molecule has 0 saturated carbocycles. The van der Waals surface area contributed by atoms with Gasteiger partial charge in [-0.05, 0) is 18.7 Å². The van der Waals surface area contributed by atoms with Crippen LogP contribution >= 0.6 is 6.72 Å². The zero-order valence-corrected chi connectivity index (χ0v) is 13.5. The Bertz CT molecular complexity index is 783. The van der Waals surface area contributed by atoms with Crippen molar-refractivity contribution in [3.05, 3.63) is 44.9 Å². The van der Waals surface area contributed by atoms with Gasteiger partial charge in [0.25, 0.3) is 5.56 Å². The topological polar surface area (TPSA) is 154 Å². The minimum atomic E-state index is -4.18. The van der Waals surface area contributed by atoms with Gasteiger partial charge >= 0.3 is 12.4 Å². The molecule has 1 aromatic rings. The molecule has 5 N–H and O–H groups in total. The molecule has 2 heterocycles. The second kappa shape index (κ2) is 6.29. The van der Waals surface area contributed by atoms with E-state index in [1.54, 1.807) is 0 Å². The van der Waals surface area contributed by atoms with Gasteiger partial charge in [-0.1, -0.05) is 6.58 Å². The number of aliphatic hydroxyl groups is 2. The summed E-state index contributed by atoms with van der Waals surface area (Å²) in [5.41, 5.74) is -1.28. The van der Waals surface area contributed by atoms with E-state index in [4.69, 9.17) is 9.26 Å². The number of aromatic nitrogens is 2. The molecule has 1 aliphatic rings. The highest BCUT2D eigenvalue weighted by atomic mass is 32.5. The van der Waals surface area contributed by atoms with Crippen LogP contribution in [0.15, 0.2) is 28.1 Å². The van der Waals surface area contributed by atoms with E-state index in [0.29, 0.717) is 0 Å². The van der Waals surface area contributed by atoms with Crippen molar-refractivity contribution < 1.29 is 29.3 Å². The highest BCUT2D eigenvalue weighted by Gasteiger charge is 2.49. The SMILES string of the molecule is C=C(O)[C@H]1O[C@@H](n2cc(C)c(=O)[nH]c2=O)[C@H](O)[C@@H]1OP(O)(O)=S. The predicted octanol–water partition coefficient (Wildman–Crippen LogP) is -1.23. The molecule has 0 unspecified atom stereocenters. The van der Waals surface area contributed by atoms with Crippen LogP contribution in [-0.2, 0) is 21.1 Å². The van der Waals surface area contributed by atoms with Crippen molar-refractivity contribution in [1.82, 2.24) is 9.55 Å². The van der Waals surface area contributed by atoms with Crippen LogP contribution in [-0.4, -0.2) is 47.9 Å². The van der Waals surface area contributed by atoms with E-state index in [2.05, 4.69) is 18.4 Å². The normalized spacial score (nSPS) is 28.0. The van der Waals surface area contributed by atoms with Crippen molar-refractivity contribution >= 4 is 18.5 Å². The summed E-state index contributed by atoms with van der Waals surface area (Å²) in [4.78, 5) is 43.8. The van der Waals surface area contributed by atoms with Gasteiger partial charge in [-0.15, -0.1) is 0 Å². The lowest BCUT2D eigenvalue weighted by molar-refractivity contribution is -0.0388. The third-order valence-corrected chi connectivity index (χ3v) is 4.00. The molecule has 1 saturated heterocycles. The van der Waals surface area contributed by atoms with Gasteiger partial charge in [-0.3, -0.25) is 18.9 Å². The third-order valence-electron chi connectivity index (χ3n) is 3.22. The number of nitrogens with one attached hydrogen (secondary N) is 1. The number of aromatic amines is 1. The standard InChI is InChI=1S/C11H15N2O8PS/c1-4-3-13(11(17)12-9(4)16)10-6(15)8(21-22(18,19)23)7(20-10)5(2)14/h3,6-8,10,14-15H,2H2,1H3,(H,12,16,17)(H2,18,19,23)/t6-,7-,8+,10-/m1/s1. The average molecular weight is 366 g/mol. The molecule has 23 heavy (non-hydrogen) atoms. The Morgan fingerprint density at radius 3 is 2.65 bits per heavy atom. The maximum atomic E-state index is 11.9. The quantitative estimate of drug-likeness (QED) is 0.325. The Kier molecular flexibility index (Phi) is 4.92. The lowest BCUT2D eigenvalue weighted by Gasteiger charge is -2.22. The second-order valence-corrected chi connectivity index (χ2v) is 7.59. The Balaban J connectivity index is 2.44. The molecule has 0 spiro atoms. The summed E-state index contributed by atoms with van der Waals surface area (Å²) < 4.78 is 11.0. The summed E-state index contributed by atoms with van der Waals surface area (Å²) in [5.74, 6) is -0.561. The number of aryl methyl sites for hydroxylation is 1. The van der Waals surface area contributed by atoms with E-state index >= 15 is 0 Å². The number of hydrogen-bond donors (Lipinski definition) is 5. The zero-order chi connectivity index (χ0) is 17.5. The van der Waals surface area contributed by atoms with Gasteiger partial charge in [-0.25, -0.2) is 4.79 Å². The lowest BCUT2D eigenvalue weighted by atomic mass is 10.1. The van der Waals surface area contributed by atoms with E-state index in [0.717, 1.165) is 10.8 Å². The predicted molar refractivity (Wildman–Crippen MR) is 81.3 cm³/mol. The van der Waals surface area contributed by atoms with Gasteiger partial charge < -0.3 is 24.7 Å². The molecular formula is C11H15N2O8PS. The van der Waals surface area contributed by atoms with Crippen LogP contribution < -0.4 is 11.2 Å². The van der Waals surface area contributed by atoms with E-state index in [9.17, 15) is 29.6 Å². The first kappa shape index (κ1) is 18.0. The zero-order valence-electron chi connectivity index (χ0n) is 11.8. The number of hydrogen-bond acceptors (Lipinski definition) is 7. The summed E-state index contributed by atoms with van der Waals surface area (Å²) in [5, 5.41) is 19.8. The van der Waals surface area contributed by atoms with Gasteiger partial charge in [0.05, 0.1) is 0 Å². The smallest absolute Gasteiger partial charge is 0.330 e. The van der Waals surface area contributed by atoms with Crippen LogP contribution in [0, 0.1) is 6.92 Å². The maximum absolute atomic E-state index is 11.9. The van der Waals surface area contributed by atoms with E-state index in [1.165, 1.54) is 6.92 Å². The molecule has 128 valence electrons. The molecule has 2 rings (SSSR count). The molecule has 10 nitrogen and oxygen atoms in total. The van der Waals surface area contributed by atoms with E-state index < -0.39 is 48.3 Å². The third kappa shape index (κ3) is 3.78. The molecule has 0 bridgehead atoms. The molecule has 4 atom stereocenters. The number of H-pyrrole nitrogens is 1. The summed E-state index contributed by atoms with van der Waals surface area (Å²) in [7, 11) is 0. The highest BCUT2D eigenvalue weighted by molar-refractivity contribution is 8.06. The average Bonchev–Trinajstić information content (AvgIpc) is 2.70. The minimum Gasteiger partial charge on any atom is -0.510 e. The van der Waals surface area contributed by atoms with Crippen LogP contribution in [0.25, 0.3) is 0 Å². The summed E-state index contributed by atoms with van der Waals surface area (Å²) >= 11 is 4.34. The van der Waals surface area contributed by atoms with Crippen molar-refractivity contribution in [2.45, 2.75) is 31.5 Å². The number of aliphatic hydroxyl groups excluding tert-OH is 2. The molecule has 0 radical (unpaired) electrons. The molecule has 1 aliphatic heterocycles. The van der Waals surface area contributed by atoms with E-state index in [1.807, 2.05) is 4.98 Å². The van der Waals surface area contributed by atoms with Crippen molar-refractivity contribution in [2.24, 2.45) is 0 Å². The van der Waals surface area contributed by atoms with Crippen LogP contribution in [0.3, 0.4) is 0 Å². The first-order valence-corrected chi connectivity index (χ1v) is 8.91. The summed E-state index contributed by atoms with van der Waals surface area (Å²) in [6, 6.07) is 0. The molecule has 0 aliphatic carbocycles. The molecule has 0 amide bonds. The van der Waals surface area contributed by atoms with Crippen molar-refractivity contribution in [3.8, 4) is 0 Å². The van der Waals surface area contributed by atoms with Crippen LogP contribution in [0.5, 0.6) is 0 Å². The van der Waals surface area contributed by atoms with Gasteiger partial charge in [0, 0.05) is 11.8 Å². The van der Waals surface area contributed by atoms with Gasteiger partial charge in [0.2, 0.25) is 0 Å². The maximum Gasteiger partial charge on any atom is 0.330 e. The number of nitrogens with zero attached hydrogens (tertiary/aromatic N) is 1. The first-order valence-electron chi connectivity index (χ1n) is 6.28. The monoisotopic (exact) mass is 366 g/mol. The number of ether oxygens (including phenoxy) is 1. The summed E-state index contributed by atoms with van der Waals surface area (Å²) in [6.07, 6.45) is -4.61. The highest BCUT2D eigenvalue weighted by Crippen LogP contribution is 2.44. The fourth-order valence-corrected chi connectivity index (χ4v) is 3.05. The minimum absolute atomic E-state index is 0.179. The molecule has 12 heteroatoms. The van der Waals surface area contributed by atoms with Crippen LogP contribution in [0.4, 0.5) is 0 Å². The fourth-order valence-electron chi connectivity index (χ4n) is 2.20. The van der Waals surface area contributed by atoms with Crippen molar-refractivity contribution in [2.75, 3.05) is 0 Å². The Morgan fingerprint density at radius 1 is 1.52 bits per heavy atom. The summed E-state index contributed by atoms with van der Waals surface area (Å²) in [6.45, 7) is 0.501. The second-order valence-electron chi connectivity index (χ2n) is 4.97. The van der Waals surface area contributed by atoms with Crippen LogP contribution in [0.1, 0.15) is 11.8 Å². The van der Waals surface area contributed by atoms with E-state index in [-0.39, 0.29) is 5.56 Å². The molecule has 0 aromatic carbocycles. The van der Waals surface area contributed by atoms with Crippen molar-refractivity contribution in [3.63, 3.8) is 0 Å². The Labute approximate surface area is 134 Å². The number of rotatable bonds is 4. The van der Waals surface area contributed by atoms with Crippen LogP contribution in [0.2, 0.25) is 0 Å². The van der Waals surface area contributed by atoms with Gasteiger partial charge in [0.1, 0.15) is 24.1 Å². The Hall–Kier alpha value is -1.33. The molecule has 1 aromatic heterocycles.